The summed E-state index contributed by atoms with van der Waals surface area (Å²) in [7, 11) is 0. The van der Waals surface area contributed by atoms with Crippen molar-refractivity contribution in [3.63, 3.8) is 0 Å². The molecule has 1 saturated carbocycles. The van der Waals surface area contributed by atoms with Crippen molar-refractivity contribution >= 4 is 0 Å². The molecule has 1 N–H and O–H groups in total. The van der Waals surface area contributed by atoms with Crippen LogP contribution in [0.3, 0.4) is 0 Å². The topological polar surface area (TPSA) is 12.0 Å². The highest BCUT2D eigenvalue weighted by atomic mass is 14.9. The minimum Gasteiger partial charge on any atom is -0.316 e. The van der Waals surface area contributed by atoms with Gasteiger partial charge >= 0.3 is 0 Å². The summed E-state index contributed by atoms with van der Waals surface area (Å²) in [4.78, 5) is 0. The normalized spacial score (nSPS) is 17.3. The van der Waals surface area contributed by atoms with Gasteiger partial charge in [0.1, 0.15) is 0 Å². The van der Waals surface area contributed by atoms with Crippen molar-refractivity contribution in [2.24, 2.45) is 5.41 Å². The maximum atomic E-state index is 3.53. The van der Waals surface area contributed by atoms with Gasteiger partial charge in [-0.15, -0.1) is 0 Å². The molecule has 1 aliphatic carbocycles. The van der Waals surface area contributed by atoms with Crippen molar-refractivity contribution in [3.8, 4) is 0 Å². The Balaban J connectivity index is 1.84. The molecule has 1 fully saturated rings. The van der Waals surface area contributed by atoms with E-state index in [4.69, 9.17) is 0 Å². The maximum absolute atomic E-state index is 3.53. The third-order valence-electron chi connectivity index (χ3n) is 4.27. The number of rotatable bonds is 12. The zero-order valence-electron chi connectivity index (χ0n) is 12.2. The van der Waals surface area contributed by atoms with Crippen LogP contribution in [-0.2, 0) is 0 Å². The van der Waals surface area contributed by atoms with Gasteiger partial charge in [0.2, 0.25) is 0 Å². The van der Waals surface area contributed by atoms with Crippen LogP contribution in [-0.4, -0.2) is 13.1 Å². The van der Waals surface area contributed by atoms with Gasteiger partial charge in [-0.05, 0) is 31.2 Å². The first-order chi connectivity index (χ1) is 8.33. The molecule has 0 unspecified atom stereocenters. The number of unbranched alkanes of at least 4 members (excludes halogenated alkanes) is 7. The molecule has 0 bridgehead atoms. The van der Waals surface area contributed by atoms with Crippen LogP contribution >= 0.6 is 0 Å². The molecule has 0 aromatic carbocycles. The van der Waals surface area contributed by atoms with Crippen LogP contribution in [0.5, 0.6) is 0 Å². The van der Waals surface area contributed by atoms with E-state index in [1.807, 2.05) is 0 Å². The molecule has 0 aromatic rings. The van der Waals surface area contributed by atoms with E-state index in [0.29, 0.717) is 0 Å². The average Bonchev–Trinajstić information content (AvgIpc) is 3.11. The first-order valence-electron chi connectivity index (χ1n) is 8.04. The third kappa shape index (κ3) is 7.08. The molecule has 0 aliphatic heterocycles. The molecule has 1 rings (SSSR count). The second kappa shape index (κ2) is 8.97. The minimum atomic E-state index is 0.734. The summed E-state index contributed by atoms with van der Waals surface area (Å²) >= 11 is 0. The Labute approximate surface area is 109 Å². The number of hydrogen-bond acceptors (Lipinski definition) is 1. The summed E-state index contributed by atoms with van der Waals surface area (Å²) in [5, 5.41) is 3.53. The molecule has 0 heterocycles. The van der Waals surface area contributed by atoms with Crippen LogP contribution in [0.1, 0.15) is 84.5 Å². The lowest BCUT2D eigenvalue weighted by Crippen LogP contribution is -2.23. The zero-order valence-corrected chi connectivity index (χ0v) is 12.2. The van der Waals surface area contributed by atoms with Crippen LogP contribution in [0.15, 0.2) is 0 Å². The molecule has 0 amide bonds. The van der Waals surface area contributed by atoms with Crippen LogP contribution in [0.2, 0.25) is 0 Å². The van der Waals surface area contributed by atoms with Crippen molar-refractivity contribution < 1.29 is 0 Å². The lowest BCUT2D eigenvalue weighted by molar-refractivity contribution is 0.406. The van der Waals surface area contributed by atoms with Crippen molar-refractivity contribution in [3.05, 3.63) is 0 Å². The number of nitrogens with one attached hydrogen (secondary N) is 1. The Bertz CT molecular complexity index is 172. The van der Waals surface area contributed by atoms with Crippen LogP contribution in [0, 0.1) is 5.41 Å². The predicted octanol–water partition coefficient (Wildman–Crippen LogP) is 4.91. The summed E-state index contributed by atoms with van der Waals surface area (Å²) in [6.07, 6.45) is 16.1. The van der Waals surface area contributed by atoms with Gasteiger partial charge in [-0.2, -0.15) is 0 Å². The van der Waals surface area contributed by atoms with Crippen molar-refractivity contribution in [2.75, 3.05) is 13.1 Å². The predicted molar refractivity (Wildman–Crippen MR) is 77.4 cm³/mol. The van der Waals surface area contributed by atoms with Gasteiger partial charge in [0.25, 0.3) is 0 Å². The Morgan fingerprint density at radius 2 is 1.41 bits per heavy atom. The van der Waals surface area contributed by atoms with E-state index >= 15 is 0 Å². The second-order valence-corrected chi connectivity index (χ2v) is 6.01. The smallest absolute Gasteiger partial charge is 0.000770 e. The van der Waals surface area contributed by atoms with Crippen LogP contribution in [0.4, 0.5) is 0 Å². The van der Waals surface area contributed by atoms with Gasteiger partial charge in [-0.1, -0.05) is 65.2 Å². The van der Waals surface area contributed by atoms with Crippen molar-refractivity contribution in [1.29, 1.82) is 0 Å². The van der Waals surface area contributed by atoms with Gasteiger partial charge in [-0.3, -0.25) is 0 Å². The summed E-state index contributed by atoms with van der Waals surface area (Å²) in [6, 6.07) is 0. The zero-order chi connectivity index (χ0) is 12.4. The highest BCUT2D eigenvalue weighted by Gasteiger charge is 2.40. The molecule has 1 aliphatic rings. The van der Waals surface area contributed by atoms with Gasteiger partial charge < -0.3 is 5.32 Å². The van der Waals surface area contributed by atoms with Crippen LogP contribution < -0.4 is 5.32 Å². The summed E-state index contributed by atoms with van der Waals surface area (Å²) in [5.74, 6) is 0. The second-order valence-electron chi connectivity index (χ2n) is 6.01. The first kappa shape index (κ1) is 15.0. The lowest BCUT2D eigenvalue weighted by Gasteiger charge is -2.15. The van der Waals surface area contributed by atoms with Crippen LogP contribution in [0.25, 0.3) is 0 Å². The van der Waals surface area contributed by atoms with E-state index in [2.05, 4.69) is 19.2 Å². The summed E-state index contributed by atoms with van der Waals surface area (Å²) < 4.78 is 0. The monoisotopic (exact) mass is 239 g/mol. The van der Waals surface area contributed by atoms with Gasteiger partial charge in [0.05, 0.1) is 0 Å². The van der Waals surface area contributed by atoms with E-state index in [-0.39, 0.29) is 0 Å². The molecule has 17 heavy (non-hydrogen) atoms. The molecule has 0 atom stereocenters. The number of hydrogen-bond donors (Lipinski definition) is 1. The van der Waals surface area contributed by atoms with Crippen molar-refractivity contribution in [2.45, 2.75) is 84.5 Å². The Morgan fingerprint density at radius 3 is 1.94 bits per heavy atom. The van der Waals surface area contributed by atoms with Crippen molar-refractivity contribution in [1.82, 2.24) is 5.32 Å². The Kier molecular flexibility index (Phi) is 7.92. The third-order valence-corrected chi connectivity index (χ3v) is 4.27. The highest BCUT2D eigenvalue weighted by molar-refractivity contribution is 4.94. The minimum absolute atomic E-state index is 0.734. The van der Waals surface area contributed by atoms with Gasteiger partial charge in [-0.25, -0.2) is 0 Å². The molecular weight excluding hydrogens is 206 g/mol. The standard InChI is InChI=1S/C16H33N/c1-3-5-6-7-8-9-10-11-12-16(13-14-16)15-17-4-2/h17H,3-15H2,1-2H3. The Morgan fingerprint density at radius 1 is 0.824 bits per heavy atom. The van der Waals surface area contributed by atoms with E-state index in [9.17, 15) is 0 Å². The summed E-state index contributed by atoms with van der Waals surface area (Å²) in [6.45, 7) is 6.92. The molecule has 1 heteroatoms. The van der Waals surface area contributed by atoms with E-state index in [1.165, 1.54) is 77.2 Å². The molecule has 1 nitrogen and oxygen atoms in total. The molecule has 0 radical (unpaired) electrons. The quantitative estimate of drug-likeness (QED) is 0.477. The van der Waals surface area contributed by atoms with E-state index < -0.39 is 0 Å². The summed E-state index contributed by atoms with van der Waals surface area (Å²) in [5.41, 5.74) is 0.734. The molecular formula is C16H33N. The fourth-order valence-electron chi connectivity index (χ4n) is 2.72. The largest absolute Gasteiger partial charge is 0.316 e. The molecule has 0 spiro atoms. The highest BCUT2D eigenvalue weighted by Crippen LogP contribution is 2.49. The lowest BCUT2D eigenvalue weighted by atomic mass is 9.97. The fraction of sp³-hybridized carbons (Fsp3) is 1.00. The SMILES string of the molecule is CCCCCCCCCCC1(CNCC)CC1. The molecule has 0 aromatic heterocycles. The van der Waals surface area contributed by atoms with Gasteiger partial charge in [0, 0.05) is 6.54 Å². The first-order valence-corrected chi connectivity index (χ1v) is 8.04. The molecule has 102 valence electrons. The van der Waals surface area contributed by atoms with Gasteiger partial charge in [0.15, 0.2) is 0 Å². The van der Waals surface area contributed by atoms with E-state index in [0.717, 1.165) is 12.0 Å². The average molecular weight is 239 g/mol. The fourth-order valence-corrected chi connectivity index (χ4v) is 2.72. The molecule has 0 saturated heterocycles. The maximum Gasteiger partial charge on any atom is 0.000770 e. The van der Waals surface area contributed by atoms with E-state index in [1.54, 1.807) is 0 Å². The Hall–Kier alpha value is -0.0400.